The van der Waals surface area contributed by atoms with Crippen molar-refractivity contribution in [1.29, 1.82) is 0 Å². The largest absolute Gasteiger partial charge is 0.271 e. The zero-order valence-electron chi connectivity index (χ0n) is 10.4. The topological polar surface area (TPSA) is 52.0 Å². The molecule has 1 unspecified atom stereocenters. The number of halogens is 1. The fourth-order valence-corrected chi connectivity index (χ4v) is 2.38. The van der Waals surface area contributed by atoms with Gasteiger partial charge in [0.25, 0.3) is 0 Å². The van der Waals surface area contributed by atoms with Crippen molar-refractivity contribution >= 4 is 21.4 Å². The summed E-state index contributed by atoms with van der Waals surface area (Å²) in [4.78, 5) is 0. The van der Waals surface area contributed by atoms with Gasteiger partial charge in [-0.1, -0.05) is 6.92 Å². The van der Waals surface area contributed by atoms with Crippen LogP contribution in [0.1, 0.15) is 38.1 Å². The average molecular weight is 279 g/mol. The lowest BCUT2D eigenvalue weighted by molar-refractivity contribution is 0.572. The Morgan fingerprint density at radius 1 is 1.47 bits per heavy atom. The fraction of sp³-hybridized carbons (Fsp3) is 0.727. The Bertz CT molecular complexity index is 454. The summed E-state index contributed by atoms with van der Waals surface area (Å²) in [6.45, 7) is 5.76. The number of hydrogen-bond donors (Lipinski definition) is 0. The summed E-state index contributed by atoms with van der Waals surface area (Å²) >= 11 is 6.07. The molecule has 0 spiro atoms. The highest BCUT2D eigenvalue weighted by molar-refractivity contribution is 7.91. The summed E-state index contributed by atoms with van der Waals surface area (Å²) in [6, 6.07) is 0. The van der Waals surface area contributed by atoms with E-state index in [4.69, 9.17) is 11.6 Å². The molecule has 1 rings (SSSR count). The first-order chi connectivity index (χ1) is 7.86. The Morgan fingerprint density at radius 3 is 2.65 bits per heavy atom. The van der Waals surface area contributed by atoms with E-state index >= 15 is 0 Å². The molecule has 98 valence electrons. The van der Waals surface area contributed by atoms with Gasteiger partial charge in [0.2, 0.25) is 0 Å². The lowest BCUT2D eigenvalue weighted by Crippen LogP contribution is -2.21. The fourth-order valence-electron chi connectivity index (χ4n) is 1.36. The van der Waals surface area contributed by atoms with Gasteiger partial charge in [-0.05, 0) is 20.3 Å². The zero-order chi connectivity index (χ0) is 13.1. The van der Waals surface area contributed by atoms with E-state index in [1.54, 1.807) is 24.7 Å². The first kappa shape index (κ1) is 14.5. The van der Waals surface area contributed by atoms with Gasteiger partial charge in [0.1, 0.15) is 0 Å². The minimum atomic E-state index is -3.01. The van der Waals surface area contributed by atoms with Gasteiger partial charge in [-0.3, -0.25) is 4.68 Å². The first-order valence-corrected chi connectivity index (χ1v) is 7.90. The lowest BCUT2D eigenvalue weighted by atomic mass is 10.2. The molecule has 1 aromatic heterocycles. The Kier molecular flexibility index (Phi) is 5.01. The highest BCUT2D eigenvalue weighted by atomic mass is 35.5. The predicted molar refractivity (Wildman–Crippen MR) is 70.0 cm³/mol. The van der Waals surface area contributed by atoms with Crippen molar-refractivity contribution in [2.45, 2.75) is 44.4 Å². The highest BCUT2D eigenvalue weighted by Crippen LogP contribution is 2.22. The van der Waals surface area contributed by atoms with Crippen molar-refractivity contribution in [3.05, 3.63) is 18.0 Å². The summed E-state index contributed by atoms with van der Waals surface area (Å²) in [7, 11) is -3.01. The molecule has 4 nitrogen and oxygen atoms in total. The molecule has 1 aromatic rings. The number of sulfone groups is 1. The van der Waals surface area contributed by atoms with Crippen molar-refractivity contribution < 1.29 is 8.42 Å². The van der Waals surface area contributed by atoms with Crippen molar-refractivity contribution in [1.82, 2.24) is 9.78 Å². The third kappa shape index (κ3) is 4.00. The van der Waals surface area contributed by atoms with Crippen LogP contribution < -0.4 is 0 Å². The molecule has 0 fully saturated rings. The molecule has 17 heavy (non-hydrogen) atoms. The molecule has 1 heterocycles. The number of hydrogen-bond acceptors (Lipinski definition) is 3. The lowest BCUT2D eigenvalue weighted by Gasteiger charge is -2.07. The van der Waals surface area contributed by atoms with Crippen LogP contribution in [0.15, 0.2) is 12.4 Å². The van der Waals surface area contributed by atoms with Crippen LogP contribution in [0.3, 0.4) is 0 Å². The van der Waals surface area contributed by atoms with Crippen LogP contribution in [0.5, 0.6) is 0 Å². The number of aryl methyl sites for hydroxylation is 1. The van der Waals surface area contributed by atoms with Crippen LogP contribution in [-0.4, -0.2) is 29.2 Å². The second kappa shape index (κ2) is 5.87. The SMILES string of the molecule is CCC(Cl)c1cnn(CCS(=O)(=O)C(C)C)c1. The standard InChI is InChI=1S/C11H19ClN2O2S/c1-4-11(12)10-7-13-14(8-10)5-6-17(15,16)9(2)3/h7-9,11H,4-6H2,1-3H3. The molecule has 0 N–H and O–H groups in total. The first-order valence-electron chi connectivity index (χ1n) is 5.74. The van der Waals surface area contributed by atoms with Crippen molar-refractivity contribution in [3.8, 4) is 0 Å². The molecule has 0 aliphatic heterocycles. The Labute approximate surface area is 108 Å². The molecule has 0 saturated carbocycles. The van der Waals surface area contributed by atoms with E-state index in [1.807, 2.05) is 13.1 Å². The van der Waals surface area contributed by atoms with Gasteiger partial charge in [0.15, 0.2) is 9.84 Å². The monoisotopic (exact) mass is 278 g/mol. The van der Waals surface area contributed by atoms with Crippen LogP contribution in [0, 0.1) is 0 Å². The Morgan fingerprint density at radius 2 is 2.12 bits per heavy atom. The van der Waals surface area contributed by atoms with E-state index in [-0.39, 0.29) is 16.4 Å². The molecule has 0 aromatic carbocycles. The van der Waals surface area contributed by atoms with E-state index < -0.39 is 9.84 Å². The zero-order valence-corrected chi connectivity index (χ0v) is 12.0. The predicted octanol–water partition coefficient (Wildman–Crippen LogP) is 2.40. The number of aromatic nitrogens is 2. The maximum atomic E-state index is 11.6. The van der Waals surface area contributed by atoms with Gasteiger partial charge in [0.05, 0.1) is 29.1 Å². The third-order valence-corrected chi connectivity index (χ3v) is 5.45. The minimum absolute atomic E-state index is 0.0505. The minimum Gasteiger partial charge on any atom is -0.271 e. The summed E-state index contributed by atoms with van der Waals surface area (Å²) < 4.78 is 24.9. The quantitative estimate of drug-likeness (QED) is 0.751. The van der Waals surface area contributed by atoms with Crippen LogP contribution in [-0.2, 0) is 16.4 Å². The van der Waals surface area contributed by atoms with E-state index in [0.29, 0.717) is 6.54 Å². The van der Waals surface area contributed by atoms with Crippen molar-refractivity contribution in [2.75, 3.05) is 5.75 Å². The smallest absolute Gasteiger partial charge is 0.154 e. The summed E-state index contributed by atoms with van der Waals surface area (Å²) in [5.74, 6) is 0.116. The molecule has 1 atom stereocenters. The third-order valence-electron chi connectivity index (χ3n) is 2.70. The van der Waals surface area contributed by atoms with Crippen molar-refractivity contribution in [2.24, 2.45) is 0 Å². The van der Waals surface area contributed by atoms with Gasteiger partial charge in [0, 0.05) is 11.8 Å². The molecule has 0 amide bonds. The van der Waals surface area contributed by atoms with E-state index in [2.05, 4.69) is 5.10 Å². The average Bonchev–Trinajstić information content (AvgIpc) is 2.74. The van der Waals surface area contributed by atoms with E-state index in [9.17, 15) is 8.42 Å². The van der Waals surface area contributed by atoms with Gasteiger partial charge in [-0.25, -0.2) is 8.42 Å². The second-order valence-corrected chi connectivity index (χ2v) is 7.53. The number of rotatable bonds is 6. The highest BCUT2D eigenvalue weighted by Gasteiger charge is 2.16. The van der Waals surface area contributed by atoms with Crippen LogP contribution in [0.2, 0.25) is 0 Å². The van der Waals surface area contributed by atoms with E-state index in [0.717, 1.165) is 12.0 Å². The Hall–Kier alpha value is -0.550. The molecule has 0 aliphatic carbocycles. The second-order valence-electron chi connectivity index (χ2n) is 4.33. The molecule has 0 saturated heterocycles. The molecule has 0 aliphatic rings. The Balaban J connectivity index is 2.62. The van der Waals surface area contributed by atoms with Crippen LogP contribution in [0.4, 0.5) is 0 Å². The van der Waals surface area contributed by atoms with Gasteiger partial charge in [-0.15, -0.1) is 11.6 Å². The van der Waals surface area contributed by atoms with Gasteiger partial charge in [-0.2, -0.15) is 5.10 Å². The molecular weight excluding hydrogens is 260 g/mol. The van der Waals surface area contributed by atoms with E-state index in [1.165, 1.54) is 0 Å². The normalized spacial score (nSPS) is 14.2. The van der Waals surface area contributed by atoms with Gasteiger partial charge >= 0.3 is 0 Å². The molecular formula is C11H19ClN2O2S. The number of alkyl halides is 1. The maximum absolute atomic E-state index is 11.6. The summed E-state index contributed by atoms with van der Waals surface area (Å²) in [6.07, 6.45) is 4.34. The summed E-state index contributed by atoms with van der Waals surface area (Å²) in [5, 5.41) is 3.73. The number of nitrogens with zero attached hydrogens (tertiary/aromatic N) is 2. The summed E-state index contributed by atoms with van der Waals surface area (Å²) in [5.41, 5.74) is 0.941. The molecule has 0 radical (unpaired) electrons. The van der Waals surface area contributed by atoms with Crippen molar-refractivity contribution in [3.63, 3.8) is 0 Å². The molecule has 6 heteroatoms. The van der Waals surface area contributed by atoms with Crippen LogP contribution >= 0.6 is 11.6 Å². The van der Waals surface area contributed by atoms with Gasteiger partial charge < -0.3 is 0 Å². The maximum Gasteiger partial charge on any atom is 0.154 e. The van der Waals surface area contributed by atoms with Crippen LogP contribution in [0.25, 0.3) is 0 Å². The molecule has 0 bridgehead atoms.